The summed E-state index contributed by atoms with van der Waals surface area (Å²) in [6, 6.07) is 7.19. The predicted octanol–water partition coefficient (Wildman–Crippen LogP) is 3.23. The third-order valence-electron chi connectivity index (χ3n) is 3.27. The van der Waals surface area contributed by atoms with E-state index in [-0.39, 0.29) is 12.0 Å². The molecule has 0 radical (unpaired) electrons. The normalized spacial score (nSPS) is 10.8. The predicted molar refractivity (Wildman–Crippen MR) is 92.6 cm³/mol. The monoisotopic (exact) mass is 349 g/mol. The summed E-state index contributed by atoms with van der Waals surface area (Å²) in [7, 11) is 0. The molecule has 0 unspecified atom stereocenters. The van der Waals surface area contributed by atoms with Crippen LogP contribution in [0.2, 0.25) is 5.02 Å². The molecule has 1 aromatic carbocycles. The quantitative estimate of drug-likeness (QED) is 0.361. The van der Waals surface area contributed by atoms with Gasteiger partial charge in [-0.2, -0.15) is 5.26 Å². The number of nitrogens with zero attached hydrogens (tertiary/aromatic N) is 1. The summed E-state index contributed by atoms with van der Waals surface area (Å²) in [4.78, 5) is 22.3. The summed E-state index contributed by atoms with van der Waals surface area (Å²) in [5.74, 6) is -1.29. The summed E-state index contributed by atoms with van der Waals surface area (Å²) < 4.78 is 0. The van der Waals surface area contributed by atoms with E-state index in [9.17, 15) is 9.59 Å². The van der Waals surface area contributed by atoms with Crippen LogP contribution >= 0.6 is 11.6 Å². The van der Waals surface area contributed by atoms with Gasteiger partial charge in [-0.05, 0) is 37.5 Å². The second-order valence-electron chi connectivity index (χ2n) is 5.24. The maximum Gasteiger partial charge on any atom is 0.303 e. The number of aliphatic carboxylic acids is 1. The fourth-order valence-electron chi connectivity index (χ4n) is 1.86. The van der Waals surface area contributed by atoms with Crippen molar-refractivity contribution in [1.82, 2.24) is 5.32 Å². The van der Waals surface area contributed by atoms with Crippen LogP contribution in [0.1, 0.15) is 31.2 Å². The van der Waals surface area contributed by atoms with Gasteiger partial charge in [0.05, 0.1) is 0 Å². The number of aryl methyl sites for hydroxylation is 1. The second-order valence-corrected chi connectivity index (χ2v) is 5.65. The van der Waals surface area contributed by atoms with E-state index < -0.39 is 11.9 Å². The molecule has 3 N–H and O–H groups in total. The van der Waals surface area contributed by atoms with Crippen LogP contribution in [0, 0.1) is 18.3 Å². The zero-order valence-corrected chi connectivity index (χ0v) is 14.2. The molecule has 0 aliphatic rings. The summed E-state index contributed by atoms with van der Waals surface area (Å²) >= 11 is 6.01. The number of nitriles is 1. The zero-order chi connectivity index (χ0) is 17.9. The zero-order valence-electron chi connectivity index (χ0n) is 13.4. The van der Waals surface area contributed by atoms with Crippen molar-refractivity contribution in [2.75, 3.05) is 11.9 Å². The minimum absolute atomic E-state index is 0.0442. The van der Waals surface area contributed by atoms with Gasteiger partial charge in [0.1, 0.15) is 11.6 Å². The number of carbonyl (C=O) groups is 2. The van der Waals surface area contributed by atoms with Crippen LogP contribution in [-0.4, -0.2) is 23.5 Å². The summed E-state index contributed by atoms with van der Waals surface area (Å²) in [5.41, 5.74) is 1.57. The Morgan fingerprint density at radius 1 is 1.33 bits per heavy atom. The number of amides is 1. The molecule has 0 saturated carbocycles. The van der Waals surface area contributed by atoms with E-state index in [1.807, 2.05) is 19.1 Å². The van der Waals surface area contributed by atoms with Crippen LogP contribution in [0.15, 0.2) is 30.0 Å². The van der Waals surface area contributed by atoms with Crippen molar-refractivity contribution in [3.63, 3.8) is 0 Å². The fraction of sp³-hybridized carbons (Fsp3) is 0.353. The highest BCUT2D eigenvalue weighted by Crippen LogP contribution is 2.20. The molecule has 0 spiro atoms. The van der Waals surface area contributed by atoms with Gasteiger partial charge in [0, 0.05) is 29.9 Å². The molecular weight excluding hydrogens is 330 g/mol. The summed E-state index contributed by atoms with van der Waals surface area (Å²) in [6.07, 6.45) is 3.40. The van der Waals surface area contributed by atoms with E-state index in [0.29, 0.717) is 36.5 Å². The molecule has 1 amide bonds. The Morgan fingerprint density at radius 3 is 2.71 bits per heavy atom. The highest BCUT2D eigenvalue weighted by molar-refractivity contribution is 6.31. The van der Waals surface area contributed by atoms with Crippen molar-refractivity contribution in [2.45, 2.75) is 32.6 Å². The van der Waals surface area contributed by atoms with E-state index in [1.54, 1.807) is 12.1 Å². The third-order valence-corrected chi connectivity index (χ3v) is 3.68. The molecule has 0 atom stereocenters. The number of carboxylic acids is 1. The van der Waals surface area contributed by atoms with Crippen LogP contribution in [0.4, 0.5) is 5.69 Å². The fourth-order valence-corrected chi connectivity index (χ4v) is 2.04. The van der Waals surface area contributed by atoms with Gasteiger partial charge < -0.3 is 15.7 Å². The molecule has 0 bridgehead atoms. The first kappa shape index (κ1) is 19.5. The number of unbranched alkanes of at least 4 members (excludes halogenated alkanes) is 2. The number of hydrogen-bond donors (Lipinski definition) is 3. The first-order chi connectivity index (χ1) is 11.4. The third kappa shape index (κ3) is 7.16. The minimum atomic E-state index is -0.823. The van der Waals surface area contributed by atoms with Gasteiger partial charge in [-0.25, -0.2) is 0 Å². The van der Waals surface area contributed by atoms with Crippen molar-refractivity contribution in [1.29, 1.82) is 5.26 Å². The average Bonchev–Trinajstić information content (AvgIpc) is 2.54. The van der Waals surface area contributed by atoms with Gasteiger partial charge in [-0.15, -0.1) is 0 Å². The molecular formula is C17H20ClN3O3. The topological polar surface area (TPSA) is 102 Å². The Hall–Kier alpha value is -2.52. The van der Waals surface area contributed by atoms with Crippen LogP contribution in [0.3, 0.4) is 0 Å². The Kier molecular flexibility index (Phi) is 8.37. The van der Waals surface area contributed by atoms with Crippen LogP contribution in [0.25, 0.3) is 0 Å². The number of hydrogen-bond acceptors (Lipinski definition) is 4. The molecule has 1 rings (SSSR count). The van der Waals surface area contributed by atoms with Crippen LogP contribution < -0.4 is 10.6 Å². The number of benzene rings is 1. The number of anilines is 1. The average molecular weight is 350 g/mol. The lowest BCUT2D eigenvalue weighted by Gasteiger charge is -2.06. The lowest BCUT2D eigenvalue weighted by atomic mass is 10.2. The van der Waals surface area contributed by atoms with Gasteiger partial charge in [0.15, 0.2) is 0 Å². The highest BCUT2D eigenvalue weighted by Gasteiger charge is 2.08. The van der Waals surface area contributed by atoms with E-state index >= 15 is 0 Å². The van der Waals surface area contributed by atoms with Gasteiger partial charge >= 0.3 is 5.97 Å². The van der Waals surface area contributed by atoms with E-state index in [0.717, 1.165) is 5.56 Å². The van der Waals surface area contributed by atoms with Crippen LogP contribution in [-0.2, 0) is 9.59 Å². The summed E-state index contributed by atoms with van der Waals surface area (Å²) in [5, 5.41) is 23.7. The molecule has 0 heterocycles. The van der Waals surface area contributed by atoms with E-state index in [2.05, 4.69) is 10.6 Å². The maximum absolute atomic E-state index is 11.9. The number of carbonyl (C=O) groups excluding carboxylic acids is 1. The van der Waals surface area contributed by atoms with E-state index in [4.69, 9.17) is 22.0 Å². The first-order valence-electron chi connectivity index (χ1n) is 7.57. The summed E-state index contributed by atoms with van der Waals surface area (Å²) in [6.45, 7) is 2.28. The molecule has 0 aliphatic heterocycles. The number of nitrogens with one attached hydrogen (secondary N) is 2. The molecule has 7 heteroatoms. The maximum atomic E-state index is 11.9. The van der Waals surface area contributed by atoms with E-state index in [1.165, 1.54) is 6.20 Å². The molecule has 0 fully saturated rings. The highest BCUT2D eigenvalue weighted by atomic mass is 35.5. The van der Waals surface area contributed by atoms with Crippen molar-refractivity contribution < 1.29 is 14.7 Å². The Bertz CT molecular complexity index is 666. The minimum Gasteiger partial charge on any atom is -0.481 e. The number of rotatable bonds is 9. The van der Waals surface area contributed by atoms with Crippen molar-refractivity contribution in [2.24, 2.45) is 0 Å². The Balaban J connectivity index is 2.44. The molecule has 0 aliphatic carbocycles. The Morgan fingerprint density at radius 2 is 2.08 bits per heavy atom. The van der Waals surface area contributed by atoms with Crippen LogP contribution in [0.5, 0.6) is 0 Å². The standard InChI is InChI=1S/C17H20ClN3O3/c1-12-6-7-14(9-15(12)18)21-11-13(10-19)17(24)20-8-4-2-3-5-16(22)23/h6-7,9,11,21H,2-5,8H2,1H3,(H,20,24)(H,22,23)/b13-11-. The Labute approximate surface area is 146 Å². The number of carboxylic acid groups (broad SMARTS) is 1. The second kappa shape index (κ2) is 10.3. The van der Waals surface area contributed by atoms with Gasteiger partial charge in [0.2, 0.25) is 0 Å². The SMILES string of the molecule is Cc1ccc(N/C=C(/C#N)C(=O)NCCCCCC(=O)O)cc1Cl. The lowest BCUT2D eigenvalue weighted by Crippen LogP contribution is -2.26. The molecule has 128 valence electrons. The van der Waals surface area contributed by atoms with Crippen molar-refractivity contribution in [3.05, 3.63) is 40.6 Å². The number of halogens is 1. The molecule has 0 saturated heterocycles. The molecule has 1 aromatic rings. The smallest absolute Gasteiger partial charge is 0.303 e. The first-order valence-corrected chi connectivity index (χ1v) is 7.94. The largest absolute Gasteiger partial charge is 0.481 e. The van der Waals surface area contributed by atoms with Crippen molar-refractivity contribution >= 4 is 29.2 Å². The molecule has 0 aromatic heterocycles. The molecule has 24 heavy (non-hydrogen) atoms. The van der Waals surface area contributed by atoms with Gasteiger partial charge in [-0.3, -0.25) is 9.59 Å². The van der Waals surface area contributed by atoms with Gasteiger partial charge in [0.25, 0.3) is 5.91 Å². The molecule has 6 nitrogen and oxygen atoms in total. The van der Waals surface area contributed by atoms with Gasteiger partial charge in [-0.1, -0.05) is 24.1 Å². The van der Waals surface area contributed by atoms with Crippen molar-refractivity contribution in [3.8, 4) is 6.07 Å². The lowest BCUT2D eigenvalue weighted by molar-refractivity contribution is -0.137.